The van der Waals surface area contributed by atoms with E-state index in [0.29, 0.717) is 18.7 Å². The molecule has 1 aromatic rings. The number of unbranched alkanes of at least 4 members (excludes halogenated alkanes) is 1. The molecule has 1 fully saturated rings. The Kier molecular flexibility index (Phi) is 6.52. The zero-order valence-electron chi connectivity index (χ0n) is 14.9. The van der Waals surface area contributed by atoms with Crippen LogP contribution in [0.25, 0.3) is 0 Å². The number of carbonyl (C=O) groups excluding carboxylic acids is 1. The van der Waals surface area contributed by atoms with Crippen molar-refractivity contribution in [3.63, 3.8) is 0 Å². The van der Waals surface area contributed by atoms with Gasteiger partial charge in [0.05, 0.1) is 11.5 Å². The van der Waals surface area contributed by atoms with Gasteiger partial charge in [-0.25, -0.2) is 8.42 Å². The van der Waals surface area contributed by atoms with Gasteiger partial charge in [0.15, 0.2) is 16.4 Å². The van der Waals surface area contributed by atoms with Crippen molar-refractivity contribution in [2.45, 2.75) is 39.2 Å². The highest BCUT2D eigenvalue weighted by Gasteiger charge is 2.34. The van der Waals surface area contributed by atoms with Crippen LogP contribution in [0, 0.1) is 17.0 Å². The highest BCUT2D eigenvalue weighted by Crippen LogP contribution is 2.25. The maximum absolute atomic E-state index is 12.6. The van der Waals surface area contributed by atoms with Gasteiger partial charge in [0.1, 0.15) is 5.69 Å². The molecule has 2 rings (SSSR count). The van der Waals surface area contributed by atoms with Crippen molar-refractivity contribution >= 4 is 21.6 Å². The molecule has 0 radical (unpaired) electrons. The summed E-state index contributed by atoms with van der Waals surface area (Å²) in [5.74, 6) is -0.878. The summed E-state index contributed by atoms with van der Waals surface area (Å²) in [5, 5.41) is 11.1. The van der Waals surface area contributed by atoms with Crippen molar-refractivity contribution in [1.29, 1.82) is 0 Å². The number of pyridine rings is 1. The molecule has 1 amide bonds. The van der Waals surface area contributed by atoms with Crippen molar-refractivity contribution in [2.24, 2.45) is 0 Å². The quantitative estimate of drug-likeness (QED) is 0.491. The molecule has 0 N–H and O–H groups in total. The van der Waals surface area contributed by atoms with E-state index in [9.17, 15) is 23.3 Å². The van der Waals surface area contributed by atoms with Crippen molar-refractivity contribution in [3.8, 4) is 5.75 Å². The summed E-state index contributed by atoms with van der Waals surface area (Å²) >= 11 is 0. The average Bonchev–Trinajstić information content (AvgIpc) is 2.93. The van der Waals surface area contributed by atoms with E-state index in [4.69, 9.17) is 4.74 Å². The molecule has 1 saturated heterocycles. The summed E-state index contributed by atoms with van der Waals surface area (Å²) < 4.78 is 28.8. The molecule has 0 bridgehead atoms. The van der Waals surface area contributed by atoms with Crippen molar-refractivity contribution in [1.82, 2.24) is 9.88 Å². The molecule has 0 aromatic carbocycles. The molecule has 1 atom stereocenters. The van der Waals surface area contributed by atoms with E-state index in [0.717, 1.165) is 12.8 Å². The molecule has 2 heterocycles. The number of sulfone groups is 1. The van der Waals surface area contributed by atoms with Crippen LogP contribution in [0.1, 0.15) is 31.9 Å². The monoisotopic (exact) mass is 385 g/mol. The van der Waals surface area contributed by atoms with Crippen LogP contribution in [0.4, 0.5) is 5.82 Å². The molecule has 0 aliphatic carbocycles. The molecule has 1 aliphatic heterocycles. The van der Waals surface area contributed by atoms with E-state index in [2.05, 4.69) is 4.98 Å². The van der Waals surface area contributed by atoms with Crippen LogP contribution >= 0.6 is 0 Å². The third-order valence-electron chi connectivity index (χ3n) is 4.22. The molecular weight excluding hydrogens is 362 g/mol. The van der Waals surface area contributed by atoms with E-state index in [-0.39, 0.29) is 29.2 Å². The lowest BCUT2D eigenvalue weighted by Crippen LogP contribution is -2.44. The van der Waals surface area contributed by atoms with Gasteiger partial charge < -0.3 is 19.8 Å². The number of rotatable bonds is 8. The molecule has 10 heteroatoms. The van der Waals surface area contributed by atoms with E-state index < -0.39 is 27.2 Å². The van der Waals surface area contributed by atoms with Crippen molar-refractivity contribution < 1.29 is 22.9 Å². The number of aromatic nitrogens is 1. The van der Waals surface area contributed by atoms with Gasteiger partial charge in [-0.15, -0.1) is 0 Å². The maximum Gasteiger partial charge on any atom is 0.406 e. The molecule has 26 heavy (non-hydrogen) atoms. The topological polar surface area (TPSA) is 120 Å². The van der Waals surface area contributed by atoms with Gasteiger partial charge in [-0.2, -0.15) is 0 Å². The normalized spacial score (nSPS) is 18.5. The minimum absolute atomic E-state index is 0.0469. The zero-order chi connectivity index (χ0) is 19.3. The van der Waals surface area contributed by atoms with Gasteiger partial charge >= 0.3 is 5.82 Å². The summed E-state index contributed by atoms with van der Waals surface area (Å²) in [6.07, 6.45) is 2.01. The Morgan fingerprint density at radius 2 is 2.19 bits per heavy atom. The molecule has 0 saturated carbocycles. The van der Waals surface area contributed by atoms with E-state index in [1.807, 2.05) is 6.92 Å². The minimum Gasteiger partial charge on any atom is -0.476 e. The predicted octanol–water partition coefficient (Wildman–Crippen LogP) is 1.49. The van der Waals surface area contributed by atoms with E-state index in [1.165, 1.54) is 11.0 Å². The molecule has 1 aliphatic rings. The van der Waals surface area contributed by atoms with Gasteiger partial charge in [-0.1, -0.05) is 13.3 Å². The molecule has 144 valence electrons. The van der Waals surface area contributed by atoms with Crippen LogP contribution in [0.5, 0.6) is 5.75 Å². The van der Waals surface area contributed by atoms with Crippen LogP contribution in [0.2, 0.25) is 0 Å². The van der Waals surface area contributed by atoms with Gasteiger partial charge in [0, 0.05) is 19.5 Å². The number of nitrogens with zero attached hydrogens (tertiary/aromatic N) is 3. The van der Waals surface area contributed by atoms with Gasteiger partial charge in [-0.05, 0) is 34.9 Å². The second-order valence-corrected chi connectivity index (χ2v) is 8.55. The third-order valence-corrected chi connectivity index (χ3v) is 5.98. The van der Waals surface area contributed by atoms with E-state index >= 15 is 0 Å². The summed E-state index contributed by atoms with van der Waals surface area (Å²) in [4.78, 5) is 28.3. The Labute approximate surface area is 152 Å². The Bertz CT molecular complexity index is 780. The Hall–Kier alpha value is -2.23. The highest BCUT2D eigenvalue weighted by molar-refractivity contribution is 7.91. The predicted molar refractivity (Wildman–Crippen MR) is 94.8 cm³/mol. The molecule has 9 nitrogen and oxygen atoms in total. The van der Waals surface area contributed by atoms with Crippen LogP contribution in [-0.2, 0) is 14.6 Å². The average molecular weight is 385 g/mol. The summed E-state index contributed by atoms with van der Waals surface area (Å²) in [7, 11) is -3.12. The number of amides is 1. The van der Waals surface area contributed by atoms with Crippen LogP contribution in [0.3, 0.4) is 0 Å². The lowest BCUT2D eigenvalue weighted by Gasteiger charge is -2.28. The minimum atomic E-state index is -3.12. The first-order valence-corrected chi connectivity index (χ1v) is 10.3. The van der Waals surface area contributed by atoms with Crippen molar-refractivity contribution in [2.75, 3.05) is 24.7 Å². The maximum atomic E-state index is 12.6. The first-order valence-electron chi connectivity index (χ1n) is 8.48. The number of hydrogen-bond donors (Lipinski definition) is 0. The fraction of sp³-hybridized carbons (Fsp3) is 0.625. The number of ether oxygens (including phenoxy) is 1. The second-order valence-electron chi connectivity index (χ2n) is 6.32. The third kappa shape index (κ3) is 5.13. The number of aryl methyl sites for hydroxylation is 1. The largest absolute Gasteiger partial charge is 0.476 e. The number of carbonyl (C=O) groups is 1. The smallest absolute Gasteiger partial charge is 0.406 e. The van der Waals surface area contributed by atoms with Crippen LogP contribution in [0.15, 0.2) is 12.1 Å². The zero-order valence-corrected chi connectivity index (χ0v) is 15.7. The van der Waals surface area contributed by atoms with Crippen LogP contribution < -0.4 is 4.74 Å². The summed E-state index contributed by atoms with van der Waals surface area (Å²) in [5.41, 5.74) is 0.469. The molecule has 1 unspecified atom stereocenters. The van der Waals surface area contributed by atoms with Crippen molar-refractivity contribution in [3.05, 3.63) is 27.9 Å². The molecule has 1 aromatic heterocycles. The fourth-order valence-electron chi connectivity index (χ4n) is 2.86. The Morgan fingerprint density at radius 1 is 1.46 bits per heavy atom. The van der Waals surface area contributed by atoms with E-state index in [1.54, 1.807) is 13.0 Å². The summed E-state index contributed by atoms with van der Waals surface area (Å²) in [6, 6.07) is 2.60. The molecular formula is C16H23N3O6S. The van der Waals surface area contributed by atoms with Crippen LogP contribution in [-0.4, -0.2) is 59.8 Å². The fourth-order valence-corrected chi connectivity index (χ4v) is 4.59. The lowest BCUT2D eigenvalue weighted by molar-refractivity contribution is -0.390. The summed E-state index contributed by atoms with van der Waals surface area (Å²) in [6.45, 7) is 3.64. The second kappa shape index (κ2) is 8.43. The first kappa shape index (κ1) is 20.1. The van der Waals surface area contributed by atoms with Gasteiger partial charge in [0.25, 0.3) is 5.91 Å². The van der Waals surface area contributed by atoms with Gasteiger partial charge in [-0.3, -0.25) is 4.79 Å². The highest BCUT2D eigenvalue weighted by atomic mass is 32.2. The first-order chi connectivity index (χ1) is 12.2. The molecule has 0 spiro atoms. The van der Waals surface area contributed by atoms with Gasteiger partial charge in [0.2, 0.25) is 5.75 Å². The Morgan fingerprint density at radius 3 is 2.77 bits per heavy atom. The number of hydrogen-bond acceptors (Lipinski definition) is 7. The standard InChI is InChI=1S/C16H23N3O6S/c1-3-4-8-18(13-7-9-26(23,24)11-13)15(20)10-25-14-6-5-12(2)17-16(14)19(21)22/h5-6,13H,3-4,7-11H2,1-2H3. The Balaban J connectivity index is 2.09. The SMILES string of the molecule is CCCCN(C(=O)COc1ccc(C)nc1[N+](=O)[O-])C1CCS(=O)(=O)C1. The lowest BCUT2D eigenvalue weighted by atomic mass is 10.2. The number of nitro groups is 1.